The van der Waals surface area contributed by atoms with Crippen LogP contribution in [0.1, 0.15) is 46.8 Å². The van der Waals surface area contributed by atoms with Crippen molar-refractivity contribution in [1.29, 1.82) is 0 Å². The van der Waals surface area contributed by atoms with Crippen molar-refractivity contribution in [3.63, 3.8) is 0 Å². The summed E-state index contributed by atoms with van der Waals surface area (Å²) in [6.07, 6.45) is 0. The van der Waals surface area contributed by atoms with E-state index in [1.807, 2.05) is 48.5 Å². The zero-order valence-corrected chi connectivity index (χ0v) is 13.9. The largest absolute Gasteiger partial charge is 0.392 e. The van der Waals surface area contributed by atoms with Crippen LogP contribution in [0.5, 0.6) is 0 Å². The second-order valence-electron chi connectivity index (χ2n) is 5.67. The molecule has 2 rings (SSSR count). The lowest BCUT2D eigenvalue weighted by Crippen LogP contribution is -2.03. The van der Waals surface area contributed by atoms with Crippen molar-refractivity contribution in [2.45, 2.75) is 32.1 Å². The molecule has 0 saturated heterocycles. The predicted molar refractivity (Wildman–Crippen MR) is 93.4 cm³/mol. The van der Waals surface area contributed by atoms with Crippen LogP contribution >= 0.6 is 11.8 Å². The predicted octanol–water partition coefficient (Wildman–Crippen LogP) is 4.42. The molecule has 0 fully saturated rings. The number of aliphatic hydroxyl groups excluding tert-OH is 1. The summed E-state index contributed by atoms with van der Waals surface area (Å²) in [5.74, 6) is 1.91. The first-order valence-electron chi connectivity index (χ1n) is 7.49. The number of aliphatic hydroxyl groups is 1. The number of Topliss-reactive ketones (excluding diaryl/α,β-unsaturated/α-hetero) is 1. The Hall–Kier alpha value is -1.58. The van der Waals surface area contributed by atoms with Gasteiger partial charge in [-0.3, -0.25) is 4.79 Å². The number of carbonyl (C=O) groups is 1. The van der Waals surface area contributed by atoms with Crippen molar-refractivity contribution < 1.29 is 9.90 Å². The highest BCUT2D eigenvalue weighted by Crippen LogP contribution is 2.18. The molecule has 0 aromatic heterocycles. The highest BCUT2D eigenvalue weighted by Gasteiger charge is 2.07. The average Bonchev–Trinajstić information content (AvgIpc) is 2.55. The monoisotopic (exact) mass is 314 g/mol. The molecule has 0 aliphatic heterocycles. The van der Waals surface area contributed by atoms with E-state index in [9.17, 15) is 4.79 Å². The minimum atomic E-state index is 0.0552. The Kier molecular flexibility index (Phi) is 6.22. The average molecular weight is 314 g/mol. The van der Waals surface area contributed by atoms with Crippen LogP contribution in [-0.4, -0.2) is 16.6 Å². The van der Waals surface area contributed by atoms with Crippen molar-refractivity contribution in [2.24, 2.45) is 0 Å². The molecule has 0 aliphatic rings. The van der Waals surface area contributed by atoms with Crippen molar-refractivity contribution >= 4 is 17.5 Å². The van der Waals surface area contributed by atoms with E-state index in [1.54, 1.807) is 11.8 Å². The molecule has 0 heterocycles. The van der Waals surface area contributed by atoms with Crippen molar-refractivity contribution in [2.75, 3.05) is 5.75 Å². The lowest BCUT2D eigenvalue weighted by molar-refractivity contribution is 0.102. The summed E-state index contributed by atoms with van der Waals surface area (Å²) in [6, 6.07) is 15.8. The van der Waals surface area contributed by atoms with E-state index in [0.717, 1.165) is 22.4 Å². The molecule has 0 radical (unpaired) electrons. The van der Waals surface area contributed by atoms with Crippen LogP contribution in [0.15, 0.2) is 48.5 Å². The first kappa shape index (κ1) is 16.8. The number of hydrogen-bond acceptors (Lipinski definition) is 3. The van der Waals surface area contributed by atoms with E-state index in [4.69, 9.17) is 5.11 Å². The van der Waals surface area contributed by atoms with Gasteiger partial charge in [-0.05, 0) is 22.6 Å². The molecule has 22 heavy (non-hydrogen) atoms. The Morgan fingerprint density at radius 1 is 1.09 bits per heavy atom. The quantitative estimate of drug-likeness (QED) is 0.769. The fraction of sp³-hybridized carbons (Fsp3) is 0.316. The number of carbonyl (C=O) groups excluding carboxylic acids is 1. The van der Waals surface area contributed by atoms with Gasteiger partial charge in [0.05, 0.1) is 12.4 Å². The zero-order valence-electron chi connectivity index (χ0n) is 13.1. The minimum absolute atomic E-state index is 0.0552. The summed E-state index contributed by atoms with van der Waals surface area (Å²) in [7, 11) is 0. The van der Waals surface area contributed by atoms with Crippen molar-refractivity contribution in [1.82, 2.24) is 0 Å². The molecule has 0 saturated carbocycles. The molecule has 0 amide bonds. The topological polar surface area (TPSA) is 37.3 Å². The smallest absolute Gasteiger partial charge is 0.172 e. The van der Waals surface area contributed by atoms with Gasteiger partial charge >= 0.3 is 0 Å². The van der Waals surface area contributed by atoms with Gasteiger partial charge in [0.15, 0.2) is 5.78 Å². The molecule has 0 atom stereocenters. The number of hydrogen-bond donors (Lipinski definition) is 1. The lowest BCUT2D eigenvalue weighted by Gasteiger charge is -2.07. The third-order valence-corrected chi connectivity index (χ3v) is 4.58. The first-order chi connectivity index (χ1) is 10.6. The third-order valence-electron chi connectivity index (χ3n) is 3.58. The Bertz CT molecular complexity index is 618. The van der Waals surface area contributed by atoms with E-state index >= 15 is 0 Å². The van der Waals surface area contributed by atoms with Crippen LogP contribution in [0.2, 0.25) is 0 Å². The van der Waals surface area contributed by atoms with E-state index in [2.05, 4.69) is 13.8 Å². The molecule has 0 spiro atoms. The maximum atomic E-state index is 12.2. The fourth-order valence-corrected chi connectivity index (χ4v) is 3.09. The summed E-state index contributed by atoms with van der Waals surface area (Å²) in [4.78, 5) is 12.2. The number of thioether (sulfide) groups is 1. The third kappa shape index (κ3) is 4.72. The van der Waals surface area contributed by atoms with Crippen LogP contribution < -0.4 is 0 Å². The fourth-order valence-electron chi connectivity index (χ4n) is 2.22. The van der Waals surface area contributed by atoms with Gasteiger partial charge < -0.3 is 5.11 Å². The summed E-state index contributed by atoms with van der Waals surface area (Å²) < 4.78 is 0. The Morgan fingerprint density at radius 3 is 2.41 bits per heavy atom. The van der Waals surface area contributed by atoms with E-state index in [-0.39, 0.29) is 12.4 Å². The van der Waals surface area contributed by atoms with E-state index in [1.165, 1.54) is 5.56 Å². The number of ketones is 1. The van der Waals surface area contributed by atoms with Gasteiger partial charge in [-0.15, -0.1) is 11.8 Å². The van der Waals surface area contributed by atoms with Crippen LogP contribution in [-0.2, 0) is 12.4 Å². The molecule has 2 nitrogen and oxygen atoms in total. The maximum absolute atomic E-state index is 12.2. The Labute approximate surface area is 136 Å². The minimum Gasteiger partial charge on any atom is -0.392 e. The van der Waals surface area contributed by atoms with Crippen molar-refractivity contribution in [3.05, 3.63) is 70.8 Å². The SMILES string of the molecule is CC(C)c1ccc(C(=O)CSCc2cccc(CO)c2)cc1. The van der Waals surface area contributed by atoms with Gasteiger partial charge in [0.1, 0.15) is 0 Å². The Balaban J connectivity index is 1.87. The van der Waals surface area contributed by atoms with Crippen LogP contribution in [0.4, 0.5) is 0 Å². The summed E-state index contributed by atoms with van der Waals surface area (Å²) in [6.45, 7) is 4.35. The molecule has 2 aromatic carbocycles. The first-order valence-corrected chi connectivity index (χ1v) is 8.65. The molecular weight excluding hydrogens is 292 g/mol. The lowest BCUT2D eigenvalue weighted by atomic mass is 10.0. The molecule has 116 valence electrons. The van der Waals surface area contributed by atoms with Gasteiger partial charge in [0.25, 0.3) is 0 Å². The standard InChI is InChI=1S/C19H22O2S/c1-14(2)17-6-8-18(9-7-17)19(21)13-22-12-16-5-3-4-15(10-16)11-20/h3-10,14,20H,11-13H2,1-2H3. The molecule has 2 aromatic rings. The van der Waals surface area contributed by atoms with Gasteiger partial charge in [-0.1, -0.05) is 62.4 Å². The molecule has 3 heteroatoms. The molecule has 0 unspecified atom stereocenters. The maximum Gasteiger partial charge on any atom is 0.172 e. The molecule has 0 aliphatic carbocycles. The van der Waals surface area contributed by atoms with Gasteiger partial charge in [-0.25, -0.2) is 0 Å². The summed E-state index contributed by atoms with van der Waals surface area (Å²) in [5, 5.41) is 9.12. The van der Waals surface area contributed by atoms with E-state index in [0.29, 0.717) is 11.7 Å². The van der Waals surface area contributed by atoms with Crippen LogP contribution in [0.25, 0.3) is 0 Å². The number of rotatable bonds is 7. The second kappa shape index (κ2) is 8.16. The Morgan fingerprint density at radius 2 is 1.77 bits per heavy atom. The molecular formula is C19H22O2S. The van der Waals surface area contributed by atoms with Crippen LogP contribution in [0.3, 0.4) is 0 Å². The highest BCUT2D eigenvalue weighted by atomic mass is 32.2. The summed E-state index contributed by atoms with van der Waals surface area (Å²) >= 11 is 1.61. The molecule has 1 N–H and O–H groups in total. The van der Waals surface area contributed by atoms with Gasteiger partial charge in [0.2, 0.25) is 0 Å². The number of benzene rings is 2. The summed E-state index contributed by atoms with van der Waals surface area (Å²) in [5.41, 5.74) is 4.08. The highest BCUT2D eigenvalue weighted by molar-refractivity contribution is 7.99. The van der Waals surface area contributed by atoms with Gasteiger partial charge in [0, 0.05) is 11.3 Å². The van der Waals surface area contributed by atoms with Crippen molar-refractivity contribution in [3.8, 4) is 0 Å². The zero-order chi connectivity index (χ0) is 15.9. The van der Waals surface area contributed by atoms with Gasteiger partial charge in [-0.2, -0.15) is 0 Å². The second-order valence-corrected chi connectivity index (χ2v) is 6.66. The van der Waals surface area contributed by atoms with E-state index < -0.39 is 0 Å². The normalized spacial score (nSPS) is 10.9. The molecule has 0 bridgehead atoms. The van der Waals surface area contributed by atoms with Crippen LogP contribution in [0, 0.1) is 0 Å².